The molecule has 5 nitrogen and oxygen atoms in total. The van der Waals surface area contributed by atoms with E-state index in [0.717, 1.165) is 11.1 Å². The van der Waals surface area contributed by atoms with E-state index in [-0.39, 0.29) is 5.75 Å². The number of aromatic nitrogens is 3. The van der Waals surface area contributed by atoms with Gasteiger partial charge in [0.1, 0.15) is 11.6 Å². The second kappa shape index (κ2) is 8.46. The summed E-state index contributed by atoms with van der Waals surface area (Å²) in [4.78, 5) is 0.295. The number of nitrogens with zero attached hydrogens (tertiary/aromatic N) is 3. The number of aryl methyl sites for hydroxylation is 1. The van der Waals surface area contributed by atoms with Crippen molar-refractivity contribution in [1.29, 1.82) is 0 Å². The first-order valence-corrected chi connectivity index (χ1v) is 11.5. The van der Waals surface area contributed by atoms with Gasteiger partial charge in [0.15, 0.2) is 15.0 Å². The van der Waals surface area contributed by atoms with Gasteiger partial charge in [-0.05, 0) is 37.6 Å². The Hall–Kier alpha value is -1.83. The molecule has 3 aromatic rings. The second-order valence-corrected chi connectivity index (χ2v) is 9.43. The van der Waals surface area contributed by atoms with Gasteiger partial charge in [-0.15, -0.1) is 10.2 Å². The maximum atomic E-state index is 12.7. The number of hydrogen-bond acceptors (Lipinski definition) is 5. The number of sulfone groups is 1. The van der Waals surface area contributed by atoms with Crippen LogP contribution in [0.1, 0.15) is 23.9 Å². The molecule has 0 amide bonds. The minimum Gasteiger partial charge on any atom is -0.305 e. The van der Waals surface area contributed by atoms with Crippen molar-refractivity contribution >= 4 is 33.2 Å². The van der Waals surface area contributed by atoms with E-state index in [9.17, 15) is 8.42 Å². The van der Waals surface area contributed by atoms with Crippen LogP contribution in [-0.4, -0.2) is 23.2 Å². The number of halogens is 1. The number of benzene rings is 2. The van der Waals surface area contributed by atoms with Gasteiger partial charge in [-0.2, -0.15) is 0 Å². The second-order valence-electron chi connectivity index (χ2n) is 6.10. The van der Waals surface area contributed by atoms with Crippen LogP contribution in [0.2, 0.25) is 5.02 Å². The fraction of sp³-hybridized carbons (Fsp3) is 0.263. The summed E-state index contributed by atoms with van der Waals surface area (Å²) in [6.07, 6.45) is 0. The Bertz CT molecular complexity index is 1030. The van der Waals surface area contributed by atoms with Crippen LogP contribution >= 0.6 is 23.4 Å². The predicted octanol–water partition coefficient (Wildman–Crippen LogP) is 4.53. The fourth-order valence-corrected chi connectivity index (χ4v) is 5.18. The molecule has 0 aliphatic heterocycles. The molecule has 8 heteroatoms. The van der Waals surface area contributed by atoms with Gasteiger partial charge in [-0.25, -0.2) is 8.42 Å². The van der Waals surface area contributed by atoms with Crippen molar-refractivity contribution in [2.75, 3.05) is 0 Å². The number of thioether (sulfide) groups is 1. The van der Waals surface area contributed by atoms with E-state index >= 15 is 0 Å². The van der Waals surface area contributed by atoms with Crippen LogP contribution in [0, 0.1) is 6.92 Å². The first kappa shape index (κ1) is 19.9. The Kier molecular flexibility index (Phi) is 6.24. The van der Waals surface area contributed by atoms with Crippen molar-refractivity contribution in [3.05, 3.63) is 70.5 Å². The fourth-order valence-electron chi connectivity index (χ4n) is 2.61. The van der Waals surface area contributed by atoms with E-state index < -0.39 is 9.84 Å². The molecule has 0 atom stereocenters. The minimum atomic E-state index is -3.48. The van der Waals surface area contributed by atoms with Gasteiger partial charge in [0.2, 0.25) is 0 Å². The average Bonchev–Trinajstić information content (AvgIpc) is 3.02. The molecule has 0 aliphatic rings. The Morgan fingerprint density at radius 3 is 2.44 bits per heavy atom. The van der Waals surface area contributed by atoms with Gasteiger partial charge >= 0.3 is 0 Å². The molecule has 0 unspecified atom stereocenters. The van der Waals surface area contributed by atoms with Crippen LogP contribution in [0.4, 0.5) is 0 Å². The zero-order chi connectivity index (χ0) is 19.4. The van der Waals surface area contributed by atoms with Crippen LogP contribution in [0.3, 0.4) is 0 Å². The Labute approximate surface area is 168 Å². The molecule has 1 heterocycles. The molecule has 0 aliphatic carbocycles. The predicted molar refractivity (Wildman–Crippen MR) is 109 cm³/mol. The van der Waals surface area contributed by atoms with E-state index in [1.54, 1.807) is 24.3 Å². The van der Waals surface area contributed by atoms with Crippen molar-refractivity contribution in [2.45, 2.75) is 41.9 Å². The Morgan fingerprint density at radius 1 is 1.07 bits per heavy atom. The molecule has 0 radical (unpaired) electrons. The summed E-state index contributed by atoms with van der Waals surface area (Å²) in [7, 11) is -3.48. The topological polar surface area (TPSA) is 64.8 Å². The summed E-state index contributed by atoms with van der Waals surface area (Å²) in [6, 6.07) is 14.5. The lowest BCUT2D eigenvalue weighted by Crippen LogP contribution is -2.11. The Balaban J connectivity index is 1.79. The van der Waals surface area contributed by atoms with Crippen LogP contribution in [0.15, 0.2) is 58.6 Å². The van der Waals surface area contributed by atoms with Gasteiger partial charge in [-0.3, -0.25) is 0 Å². The van der Waals surface area contributed by atoms with E-state index in [1.807, 2.05) is 42.7 Å². The molecule has 0 saturated heterocycles. The molecule has 1 aromatic heterocycles. The van der Waals surface area contributed by atoms with Crippen molar-refractivity contribution in [3.63, 3.8) is 0 Å². The molecular weight excluding hydrogens is 402 g/mol. The molecule has 3 rings (SSSR count). The third kappa shape index (κ3) is 4.72. The van der Waals surface area contributed by atoms with Gasteiger partial charge in [0, 0.05) is 17.3 Å². The lowest BCUT2D eigenvalue weighted by atomic mass is 10.2. The highest BCUT2D eigenvalue weighted by atomic mass is 35.5. The summed E-state index contributed by atoms with van der Waals surface area (Å²) in [5.74, 6) is 0.909. The zero-order valence-electron chi connectivity index (χ0n) is 15.1. The molecule has 2 aromatic carbocycles. The molecule has 0 N–H and O–H groups in total. The maximum Gasteiger partial charge on any atom is 0.191 e. The molecule has 0 saturated carbocycles. The van der Waals surface area contributed by atoms with Crippen molar-refractivity contribution in [3.8, 4) is 0 Å². The smallest absolute Gasteiger partial charge is 0.191 e. The SMILES string of the molecule is CCn1c(CS(=O)(=O)c2ccc(C)cc2)nnc1SCc1ccccc1Cl. The van der Waals surface area contributed by atoms with Gasteiger partial charge < -0.3 is 4.57 Å². The molecule has 0 fully saturated rings. The lowest BCUT2D eigenvalue weighted by molar-refractivity contribution is 0.588. The highest BCUT2D eigenvalue weighted by Crippen LogP contribution is 2.27. The average molecular weight is 422 g/mol. The van der Waals surface area contributed by atoms with E-state index in [2.05, 4.69) is 10.2 Å². The normalized spacial score (nSPS) is 11.7. The monoisotopic (exact) mass is 421 g/mol. The van der Waals surface area contributed by atoms with E-state index in [0.29, 0.717) is 33.2 Å². The summed E-state index contributed by atoms with van der Waals surface area (Å²) >= 11 is 7.69. The quantitative estimate of drug-likeness (QED) is 0.524. The lowest BCUT2D eigenvalue weighted by Gasteiger charge is -2.09. The summed E-state index contributed by atoms with van der Waals surface area (Å²) in [6.45, 7) is 4.47. The standard InChI is InChI=1S/C19H20ClN3O2S2/c1-3-23-18(13-27(24,25)16-10-8-14(2)9-11-16)21-22-19(23)26-12-15-6-4-5-7-17(15)20/h4-11H,3,12-13H2,1-2H3. The van der Waals surface area contributed by atoms with Crippen molar-refractivity contribution in [1.82, 2.24) is 14.8 Å². The summed E-state index contributed by atoms with van der Waals surface area (Å²) in [5.41, 5.74) is 2.02. The van der Waals surface area contributed by atoms with Crippen LogP contribution in [-0.2, 0) is 27.9 Å². The number of hydrogen-bond donors (Lipinski definition) is 0. The van der Waals surface area contributed by atoms with Crippen LogP contribution in [0.5, 0.6) is 0 Å². The highest BCUT2D eigenvalue weighted by Gasteiger charge is 2.21. The van der Waals surface area contributed by atoms with Gasteiger partial charge in [0.05, 0.1) is 4.90 Å². The molecule has 27 heavy (non-hydrogen) atoms. The van der Waals surface area contributed by atoms with Crippen LogP contribution in [0.25, 0.3) is 0 Å². The molecular formula is C19H20ClN3O2S2. The number of rotatable bonds is 7. The Morgan fingerprint density at radius 2 is 1.78 bits per heavy atom. The largest absolute Gasteiger partial charge is 0.305 e. The molecule has 0 spiro atoms. The first-order valence-electron chi connectivity index (χ1n) is 8.48. The van der Waals surface area contributed by atoms with Gasteiger partial charge in [-0.1, -0.05) is 59.3 Å². The minimum absolute atomic E-state index is 0.177. The van der Waals surface area contributed by atoms with Crippen molar-refractivity contribution in [2.24, 2.45) is 0 Å². The molecule has 0 bridgehead atoms. The maximum absolute atomic E-state index is 12.7. The van der Waals surface area contributed by atoms with Crippen molar-refractivity contribution < 1.29 is 8.42 Å². The first-order chi connectivity index (χ1) is 12.9. The van der Waals surface area contributed by atoms with E-state index in [1.165, 1.54) is 11.8 Å². The van der Waals surface area contributed by atoms with E-state index in [4.69, 9.17) is 11.6 Å². The third-order valence-corrected chi connectivity index (χ3v) is 7.14. The molecule has 142 valence electrons. The van der Waals surface area contributed by atoms with Gasteiger partial charge in [0.25, 0.3) is 0 Å². The third-order valence-electron chi connectivity index (χ3n) is 4.12. The zero-order valence-corrected chi connectivity index (χ0v) is 17.5. The van der Waals surface area contributed by atoms with Crippen LogP contribution < -0.4 is 0 Å². The summed E-state index contributed by atoms with van der Waals surface area (Å²) in [5, 5.41) is 9.71. The highest BCUT2D eigenvalue weighted by molar-refractivity contribution is 7.98. The summed E-state index contributed by atoms with van der Waals surface area (Å²) < 4.78 is 27.3.